The van der Waals surface area contributed by atoms with Crippen molar-refractivity contribution in [3.05, 3.63) is 45.7 Å². The number of nitrogens with zero attached hydrogens (tertiary/aromatic N) is 2. The molecule has 0 aliphatic heterocycles. The van der Waals surface area contributed by atoms with Crippen molar-refractivity contribution in [3.63, 3.8) is 0 Å². The Morgan fingerprint density at radius 1 is 1.47 bits per heavy atom. The highest BCUT2D eigenvalue weighted by molar-refractivity contribution is 9.10. The van der Waals surface area contributed by atoms with Crippen molar-refractivity contribution in [2.45, 2.75) is 0 Å². The molecule has 6 heteroatoms. The lowest BCUT2D eigenvalue weighted by molar-refractivity contribution is 0.101. The molecule has 0 aliphatic rings. The van der Waals surface area contributed by atoms with Crippen LogP contribution >= 0.6 is 27.5 Å². The molecule has 0 bridgehead atoms. The van der Waals surface area contributed by atoms with Crippen LogP contribution in [0, 0.1) is 0 Å². The largest absolute Gasteiger partial charge is 0.321 e. The summed E-state index contributed by atoms with van der Waals surface area (Å²) in [6.45, 7) is 0. The highest BCUT2D eigenvalue weighted by Gasteiger charge is 2.10. The van der Waals surface area contributed by atoms with E-state index >= 15 is 0 Å². The van der Waals surface area contributed by atoms with Gasteiger partial charge in [-0.1, -0.05) is 11.6 Å². The van der Waals surface area contributed by atoms with E-state index in [1.807, 2.05) is 0 Å². The Hall–Kier alpha value is -1.33. The van der Waals surface area contributed by atoms with Crippen LogP contribution in [0.3, 0.4) is 0 Å². The van der Waals surface area contributed by atoms with Crippen LogP contribution in [0.25, 0.3) is 0 Å². The van der Waals surface area contributed by atoms with E-state index in [0.29, 0.717) is 16.4 Å². The van der Waals surface area contributed by atoms with Crippen molar-refractivity contribution in [3.8, 4) is 0 Å². The van der Waals surface area contributed by atoms with E-state index in [0.717, 1.165) is 4.47 Å². The molecule has 1 amide bonds. The lowest BCUT2D eigenvalue weighted by atomic mass is 10.3. The molecule has 0 aliphatic carbocycles. The molecule has 1 N–H and O–H groups in total. The smallest absolute Gasteiger partial charge is 0.273 e. The number of rotatable bonds is 2. The number of carbonyl (C=O) groups is 1. The maximum atomic E-state index is 11.9. The molecule has 0 atom stereocenters. The molecule has 1 aromatic carbocycles. The van der Waals surface area contributed by atoms with E-state index in [9.17, 15) is 4.79 Å². The average molecular weight is 315 g/mol. The van der Waals surface area contributed by atoms with Crippen molar-refractivity contribution < 1.29 is 4.79 Å². The third-order valence-corrected chi connectivity index (χ3v) is 3.46. The molecule has 0 saturated heterocycles. The number of benzene rings is 1. The number of halogens is 2. The molecule has 1 heterocycles. The molecule has 2 aromatic rings. The Morgan fingerprint density at radius 3 is 2.82 bits per heavy atom. The minimum atomic E-state index is -0.219. The molecule has 0 radical (unpaired) electrons. The minimum absolute atomic E-state index is 0.219. The van der Waals surface area contributed by atoms with Gasteiger partial charge in [0.2, 0.25) is 0 Å². The molecule has 0 spiro atoms. The summed E-state index contributed by atoms with van der Waals surface area (Å²) < 4.78 is 2.30. The van der Waals surface area contributed by atoms with Crippen LogP contribution in [0.5, 0.6) is 0 Å². The summed E-state index contributed by atoms with van der Waals surface area (Å²) in [5.41, 5.74) is 1.13. The van der Waals surface area contributed by atoms with Gasteiger partial charge in [-0.05, 0) is 40.2 Å². The van der Waals surface area contributed by atoms with E-state index in [-0.39, 0.29) is 5.91 Å². The summed E-state index contributed by atoms with van der Waals surface area (Å²) in [4.78, 5) is 11.9. The van der Waals surface area contributed by atoms with E-state index in [1.54, 1.807) is 37.5 Å². The van der Waals surface area contributed by atoms with E-state index in [4.69, 9.17) is 11.6 Å². The quantitative estimate of drug-likeness (QED) is 0.926. The summed E-state index contributed by atoms with van der Waals surface area (Å²) in [5, 5.41) is 7.23. The zero-order valence-electron chi connectivity index (χ0n) is 8.95. The second-order valence-corrected chi connectivity index (χ2v) is 4.68. The first-order chi connectivity index (χ1) is 8.08. The van der Waals surface area contributed by atoms with Crippen molar-refractivity contribution in [1.29, 1.82) is 0 Å². The Kier molecular flexibility index (Phi) is 3.49. The Morgan fingerprint density at radius 2 is 2.24 bits per heavy atom. The van der Waals surface area contributed by atoms with Crippen LogP contribution in [-0.2, 0) is 7.05 Å². The topological polar surface area (TPSA) is 46.9 Å². The van der Waals surface area contributed by atoms with Crippen LogP contribution in [0.4, 0.5) is 5.69 Å². The number of anilines is 1. The van der Waals surface area contributed by atoms with Crippen LogP contribution in [0.1, 0.15) is 10.5 Å². The lowest BCUT2D eigenvalue weighted by Crippen LogP contribution is -2.15. The van der Waals surface area contributed by atoms with Gasteiger partial charge in [0.25, 0.3) is 5.91 Å². The van der Waals surface area contributed by atoms with Gasteiger partial charge in [0.05, 0.1) is 5.02 Å². The van der Waals surface area contributed by atoms with Crippen molar-refractivity contribution in [2.75, 3.05) is 5.32 Å². The second-order valence-electron chi connectivity index (χ2n) is 3.42. The first-order valence-electron chi connectivity index (χ1n) is 4.82. The summed E-state index contributed by atoms with van der Waals surface area (Å²) in [5.74, 6) is -0.219. The monoisotopic (exact) mass is 313 g/mol. The van der Waals surface area contributed by atoms with Gasteiger partial charge in [-0.3, -0.25) is 9.48 Å². The van der Waals surface area contributed by atoms with Gasteiger partial charge in [-0.15, -0.1) is 0 Å². The summed E-state index contributed by atoms with van der Waals surface area (Å²) in [7, 11) is 1.71. The molecular weight excluding hydrogens is 305 g/mol. The normalized spacial score (nSPS) is 10.3. The van der Waals surface area contributed by atoms with Crippen LogP contribution in [0.15, 0.2) is 34.9 Å². The van der Waals surface area contributed by atoms with E-state index in [2.05, 4.69) is 26.3 Å². The molecule has 2 rings (SSSR count). The van der Waals surface area contributed by atoms with Gasteiger partial charge < -0.3 is 5.32 Å². The fourth-order valence-electron chi connectivity index (χ4n) is 1.37. The molecule has 17 heavy (non-hydrogen) atoms. The third kappa shape index (κ3) is 2.68. The Labute approximate surface area is 112 Å². The molecule has 0 unspecified atom stereocenters. The van der Waals surface area contributed by atoms with Gasteiger partial charge >= 0.3 is 0 Å². The highest BCUT2D eigenvalue weighted by Crippen LogP contribution is 2.25. The van der Waals surface area contributed by atoms with Gasteiger partial charge in [0.1, 0.15) is 5.69 Å². The van der Waals surface area contributed by atoms with Gasteiger partial charge in [0, 0.05) is 23.4 Å². The number of nitrogens with one attached hydrogen (secondary N) is 1. The van der Waals surface area contributed by atoms with E-state index in [1.165, 1.54) is 4.68 Å². The lowest BCUT2D eigenvalue weighted by Gasteiger charge is -2.06. The predicted octanol–water partition coefficient (Wildman–Crippen LogP) is 3.09. The number of aromatic nitrogens is 2. The zero-order valence-corrected chi connectivity index (χ0v) is 11.3. The highest BCUT2D eigenvalue weighted by atomic mass is 79.9. The maximum Gasteiger partial charge on any atom is 0.273 e. The molecule has 1 aromatic heterocycles. The maximum absolute atomic E-state index is 11.9. The summed E-state index contributed by atoms with van der Waals surface area (Å²) >= 11 is 9.22. The van der Waals surface area contributed by atoms with Crippen molar-refractivity contribution in [1.82, 2.24) is 9.78 Å². The predicted molar refractivity (Wildman–Crippen MR) is 70.3 cm³/mol. The fraction of sp³-hybridized carbons (Fsp3) is 0.0909. The van der Waals surface area contributed by atoms with Crippen molar-refractivity contribution >= 4 is 39.1 Å². The Bertz CT molecular complexity index is 568. The fourth-order valence-corrected chi connectivity index (χ4v) is 1.79. The van der Waals surface area contributed by atoms with Crippen LogP contribution < -0.4 is 5.32 Å². The molecular formula is C11H9BrClN3O. The van der Waals surface area contributed by atoms with Crippen molar-refractivity contribution in [2.24, 2.45) is 7.05 Å². The molecule has 4 nitrogen and oxygen atoms in total. The van der Waals surface area contributed by atoms with Gasteiger partial charge in [0.15, 0.2) is 0 Å². The van der Waals surface area contributed by atoms with E-state index < -0.39 is 0 Å². The van der Waals surface area contributed by atoms with Gasteiger partial charge in [-0.25, -0.2) is 0 Å². The number of carbonyl (C=O) groups excluding carboxylic acids is 1. The standard InChI is InChI=1S/C11H9BrClN3O/c1-16-10(4-5-14-16)11(17)15-7-2-3-8(12)9(13)6-7/h2-6H,1H3,(H,15,17). The number of hydrogen-bond donors (Lipinski definition) is 1. The molecule has 0 fully saturated rings. The number of amides is 1. The molecule has 0 saturated carbocycles. The molecule has 88 valence electrons. The number of hydrogen-bond acceptors (Lipinski definition) is 2. The van der Waals surface area contributed by atoms with Gasteiger partial charge in [-0.2, -0.15) is 5.10 Å². The summed E-state index contributed by atoms with van der Waals surface area (Å²) in [6.07, 6.45) is 1.57. The van der Waals surface area contributed by atoms with Crippen LogP contribution in [-0.4, -0.2) is 15.7 Å². The second kappa shape index (κ2) is 4.89. The third-order valence-electron chi connectivity index (χ3n) is 2.23. The summed E-state index contributed by atoms with van der Waals surface area (Å²) in [6, 6.07) is 6.88. The average Bonchev–Trinajstić information content (AvgIpc) is 2.70. The SMILES string of the molecule is Cn1nccc1C(=O)Nc1ccc(Br)c(Cl)c1. The zero-order chi connectivity index (χ0) is 12.4. The first-order valence-corrected chi connectivity index (χ1v) is 5.99. The minimum Gasteiger partial charge on any atom is -0.321 e. The number of aryl methyl sites for hydroxylation is 1. The Balaban J connectivity index is 2.19. The van der Waals surface area contributed by atoms with Crippen LogP contribution in [0.2, 0.25) is 5.02 Å². The first kappa shape index (κ1) is 12.1.